The maximum Gasteiger partial charge on any atom is 0.255 e. The van der Waals surface area contributed by atoms with Gasteiger partial charge in [0, 0.05) is 16.3 Å². The van der Waals surface area contributed by atoms with Gasteiger partial charge in [-0.05, 0) is 30.3 Å². The summed E-state index contributed by atoms with van der Waals surface area (Å²) >= 11 is 12.0. The summed E-state index contributed by atoms with van der Waals surface area (Å²) in [6, 6.07) is 9.58. The van der Waals surface area contributed by atoms with Gasteiger partial charge in [0.05, 0.1) is 12.1 Å². The van der Waals surface area contributed by atoms with Crippen molar-refractivity contribution in [2.75, 3.05) is 19.0 Å². The van der Waals surface area contributed by atoms with Crippen molar-refractivity contribution in [3.8, 4) is 11.5 Å². The molecule has 0 saturated carbocycles. The van der Waals surface area contributed by atoms with Gasteiger partial charge in [-0.1, -0.05) is 29.3 Å². The molecule has 0 bridgehead atoms. The Morgan fingerprint density at radius 2 is 1.96 bits per heavy atom. The summed E-state index contributed by atoms with van der Waals surface area (Å²) in [5, 5.41) is 3.31. The monoisotopic (exact) mass is 368 g/mol. The van der Waals surface area contributed by atoms with Crippen LogP contribution in [0.25, 0.3) is 0 Å². The molecule has 2 aromatic carbocycles. The third-order valence-electron chi connectivity index (χ3n) is 2.93. The Hall–Kier alpha value is -2.44. The predicted octanol–water partition coefficient (Wildman–Crippen LogP) is 3.12. The number of rotatable bonds is 6. The lowest BCUT2D eigenvalue weighted by Gasteiger charge is -2.13. The fraction of sp³-hybridized carbons (Fsp3) is 0.125. The van der Waals surface area contributed by atoms with E-state index in [1.165, 1.54) is 19.2 Å². The minimum absolute atomic E-state index is 0.117. The summed E-state index contributed by atoms with van der Waals surface area (Å²) in [6.45, 7) is -0.357. The van der Waals surface area contributed by atoms with E-state index in [2.05, 4.69) is 5.32 Å². The Morgan fingerprint density at radius 1 is 1.21 bits per heavy atom. The van der Waals surface area contributed by atoms with Crippen LogP contribution in [0.15, 0.2) is 36.4 Å². The van der Waals surface area contributed by atoms with Gasteiger partial charge < -0.3 is 20.5 Å². The second-order valence-corrected chi connectivity index (χ2v) is 5.55. The van der Waals surface area contributed by atoms with E-state index in [9.17, 15) is 9.59 Å². The molecule has 0 atom stereocenters. The highest BCUT2D eigenvalue weighted by Gasteiger charge is 2.17. The molecule has 6 nitrogen and oxygen atoms in total. The molecule has 126 valence electrons. The molecule has 2 aromatic rings. The maximum atomic E-state index is 12.3. The van der Waals surface area contributed by atoms with Crippen molar-refractivity contribution in [1.82, 2.24) is 0 Å². The molecule has 2 amide bonds. The van der Waals surface area contributed by atoms with Gasteiger partial charge in [-0.2, -0.15) is 0 Å². The van der Waals surface area contributed by atoms with E-state index in [0.717, 1.165) is 0 Å². The number of ether oxygens (including phenoxy) is 2. The molecule has 24 heavy (non-hydrogen) atoms. The average Bonchev–Trinajstić information content (AvgIpc) is 2.52. The maximum absolute atomic E-state index is 12.3. The first-order chi connectivity index (χ1) is 11.4. The van der Waals surface area contributed by atoms with E-state index in [1.54, 1.807) is 24.3 Å². The van der Waals surface area contributed by atoms with Crippen molar-refractivity contribution < 1.29 is 19.1 Å². The number of carbonyl (C=O) groups is 2. The highest BCUT2D eigenvalue weighted by molar-refractivity contribution is 6.33. The van der Waals surface area contributed by atoms with Crippen LogP contribution in [-0.2, 0) is 4.79 Å². The zero-order valence-corrected chi connectivity index (χ0v) is 14.1. The van der Waals surface area contributed by atoms with Gasteiger partial charge in [0.2, 0.25) is 0 Å². The molecule has 3 N–H and O–H groups in total. The van der Waals surface area contributed by atoms with Crippen molar-refractivity contribution in [3.05, 3.63) is 52.0 Å². The number of hydrogen-bond acceptors (Lipinski definition) is 4. The van der Waals surface area contributed by atoms with Crippen LogP contribution in [0.4, 0.5) is 5.69 Å². The van der Waals surface area contributed by atoms with Crippen molar-refractivity contribution in [2.24, 2.45) is 5.73 Å². The molecule has 0 fully saturated rings. The number of methoxy groups -OCH3 is 1. The number of benzene rings is 2. The average molecular weight is 369 g/mol. The van der Waals surface area contributed by atoms with Gasteiger partial charge in [-0.3, -0.25) is 9.59 Å². The number of anilines is 1. The van der Waals surface area contributed by atoms with Gasteiger partial charge in [0.25, 0.3) is 11.8 Å². The van der Waals surface area contributed by atoms with Gasteiger partial charge in [0.1, 0.15) is 0 Å². The number of primary amides is 1. The molecule has 8 heteroatoms. The highest BCUT2D eigenvalue weighted by atomic mass is 35.5. The van der Waals surface area contributed by atoms with Crippen LogP contribution in [0.3, 0.4) is 0 Å². The van der Waals surface area contributed by atoms with Crippen molar-refractivity contribution in [1.29, 1.82) is 0 Å². The third-order valence-corrected chi connectivity index (χ3v) is 3.45. The van der Waals surface area contributed by atoms with Crippen LogP contribution in [0.1, 0.15) is 10.4 Å². The molecular weight excluding hydrogens is 355 g/mol. The Bertz CT molecular complexity index is 781. The standard InChI is InChI=1S/C16H14Cl2N2O4/c1-23-13-6-9(5-12(18)15(13)24-8-14(19)21)16(22)20-11-4-2-3-10(17)7-11/h2-7H,8H2,1H3,(H2,19,21)(H,20,22). The first-order valence-electron chi connectivity index (χ1n) is 6.76. The molecule has 0 spiro atoms. The highest BCUT2D eigenvalue weighted by Crippen LogP contribution is 2.36. The molecule has 0 saturated heterocycles. The smallest absolute Gasteiger partial charge is 0.255 e. The minimum atomic E-state index is -0.657. The Labute approximate surface area is 148 Å². The van der Waals surface area contributed by atoms with Crippen LogP contribution in [-0.4, -0.2) is 25.5 Å². The van der Waals surface area contributed by atoms with E-state index < -0.39 is 11.8 Å². The summed E-state index contributed by atoms with van der Waals surface area (Å²) in [5.41, 5.74) is 5.83. The summed E-state index contributed by atoms with van der Waals surface area (Å²) < 4.78 is 10.4. The van der Waals surface area contributed by atoms with Crippen LogP contribution in [0.2, 0.25) is 10.0 Å². The summed E-state index contributed by atoms with van der Waals surface area (Å²) in [6.07, 6.45) is 0. The molecule has 0 aliphatic rings. The number of carbonyl (C=O) groups excluding carboxylic acids is 2. The lowest BCUT2D eigenvalue weighted by Crippen LogP contribution is -2.20. The quantitative estimate of drug-likeness (QED) is 0.819. The predicted molar refractivity (Wildman–Crippen MR) is 92.1 cm³/mol. The molecule has 0 aliphatic carbocycles. The third kappa shape index (κ3) is 4.53. The van der Waals surface area contributed by atoms with Crippen molar-refractivity contribution in [2.45, 2.75) is 0 Å². The van der Waals surface area contributed by atoms with E-state index in [-0.39, 0.29) is 28.7 Å². The SMILES string of the molecule is COc1cc(C(=O)Nc2cccc(Cl)c2)cc(Cl)c1OCC(N)=O. The first-order valence-corrected chi connectivity index (χ1v) is 7.52. The fourth-order valence-corrected chi connectivity index (χ4v) is 2.36. The van der Waals surface area contributed by atoms with Crippen LogP contribution in [0, 0.1) is 0 Å². The van der Waals surface area contributed by atoms with Gasteiger partial charge in [0.15, 0.2) is 18.1 Å². The fourth-order valence-electron chi connectivity index (χ4n) is 1.90. The molecular formula is C16H14Cl2N2O4. The zero-order chi connectivity index (χ0) is 17.7. The Balaban J connectivity index is 2.25. The molecule has 0 radical (unpaired) electrons. The largest absolute Gasteiger partial charge is 0.493 e. The van der Waals surface area contributed by atoms with E-state index in [1.807, 2.05) is 0 Å². The molecule has 0 unspecified atom stereocenters. The van der Waals surface area contributed by atoms with Gasteiger partial charge in [-0.25, -0.2) is 0 Å². The number of nitrogens with one attached hydrogen (secondary N) is 1. The van der Waals surface area contributed by atoms with Gasteiger partial charge >= 0.3 is 0 Å². The Kier molecular flexibility index (Phi) is 5.89. The summed E-state index contributed by atoms with van der Waals surface area (Å²) in [4.78, 5) is 23.2. The first kappa shape index (κ1) is 17.9. The van der Waals surface area contributed by atoms with Crippen LogP contribution in [0.5, 0.6) is 11.5 Å². The van der Waals surface area contributed by atoms with Crippen molar-refractivity contribution in [3.63, 3.8) is 0 Å². The molecule has 0 heterocycles. The lowest BCUT2D eigenvalue weighted by molar-refractivity contribution is -0.119. The topological polar surface area (TPSA) is 90.7 Å². The normalized spacial score (nSPS) is 10.1. The summed E-state index contributed by atoms with van der Waals surface area (Å²) in [5.74, 6) is -0.716. The zero-order valence-electron chi connectivity index (χ0n) is 12.6. The molecule has 2 rings (SSSR count). The lowest BCUT2D eigenvalue weighted by atomic mass is 10.1. The molecule has 0 aliphatic heterocycles. The Morgan fingerprint density at radius 3 is 2.58 bits per heavy atom. The molecule has 0 aromatic heterocycles. The number of hydrogen-bond donors (Lipinski definition) is 2. The number of nitrogens with two attached hydrogens (primary N) is 1. The van der Waals surface area contributed by atoms with Crippen LogP contribution >= 0.6 is 23.2 Å². The summed E-state index contributed by atoms with van der Waals surface area (Å²) in [7, 11) is 1.39. The van der Waals surface area contributed by atoms with E-state index in [0.29, 0.717) is 10.7 Å². The van der Waals surface area contributed by atoms with E-state index >= 15 is 0 Å². The number of halogens is 2. The number of amides is 2. The van der Waals surface area contributed by atoms with Gasteiger partial charge in [-0.15, -0.1) is 0 Å². The van der Waals surface area contributed by atoms with E-state index in [4.69, 9.17) is 38.4 Å². The van der Waals surface area contributed by atoms with Crippen LogP contribution < -0.4 is 20.5 Å². The van der Waals surface area contributed by atoms with Crippen molar-refractivity contribution >= 4 is 40.7 Å². The second-order valence-electron chi connectivity index (χ2n) is 4.71. The minimum Gasteiger partial charge on any atom is -0.493 e. The second kappa shape index (κ2) is 7.90.